The molecule has 1 unspecified atom stereocenters. The molecule has 144 valence electrons. The third kappa shape index (κ3) is 4.15. The first-order chi connectivity index (χ1) is 13.1. The molecule has 0 aliphatic carbocycles. The number of methoxy groups -OCH3 is 3. The first-order valence-corrected chi connectivity index (χ1v) is 9.66. The molecule has 0 fully saturated rings. The van der Waals surface area contributed by atoms with Crippen molar-refractivity contribution in [1.82, 2.24) is 14.8 Å². The Hall–Kier alpha value is -2.36. The lowest BCUT2D eigenvalue weighted by atomic mass is 10.1. The van der Waals surface area contributed by atoms with Crippen molar-refractivity contribution in [3.8, 4) is 28.0 Å². The van der Waals surface area contributed by atoms with Crippen LogP contribution in [0.1, 0.15) is 5.56 Å². The van der Waals surface area contributed by atoms with Crippen molar-refractivity contribution < 1.29 is 19.1 Å². The molecule has 7 nitrogen and oxygen atoms in total. The fourth-order valence-corrected chi connectivity index (χ4v) is 3.81. The minimum absolute atomic E-state index is 0.539. The van der Waals surface area contributed by atoms with Crippen LogP contribution in [0.4, 0.5) is 0 Å². The van der Waals surface area contributed by atoms with Gasteiger partial charge in [0.2, 0.25) is 10.5 Å². The number of hydrogen-bond acceptors (Lipinski definition) is 6. The third-order valence-corrected chi connectivity index (χ3v) is 5.33. The van der Waals surface area contributed by atoms with Crippen LogP contribution >= 0.6 is 23.6 Å². The van der Waals surface area contributed by atoms with Crippen LogP contribution in [0.5, 0.6) is 17.2 Å². The van der Waals surface area contributed by atoms with E-state index in [4.69, 9.17) is 26.4 Å². The van der Waals surface area contributed by atoms with Crippen LogP contribution in [-0.2, 0) is 13.2 Å². The van der Waals surface area contributed by atoms with Gasteiger partial charge in [-0.2, -0.15) is 4.98 Å². The summed E-state index contributed by atoms with van der Waals surface area (Å²) in [5.41, 5.74) is 1.03. The number of rotatable bonds is 8. The Morgan fingerprint density at radius 1 is 1.15 bits per heavy atom. The normalized spacial score (nSPS) is 12.0. The van der Waals surface area contributed by atoms with Crippen molar-refractivity contribution in [2.75, 3.05) is 28.4 Å². The molecule has 0 saturated carbocycles. The molecule has 27 heavy (non-hydrogen) atoms. The Labute approximate surface area is 167 Å². The zero-order valence-electron chi connectivity index (χ0n) is 15.7. The lowest BCUT2D eigenvalue weighted by Gasteiger charge is -2.19. The van der Waals surface area contributed by atoms with Crippen LogP contribution < -0.4 is 19.1 Å². The Balaban J connectivity index is 1.79. The van der Waals surface area contributed by atoms with Gasteiger partial charge in [-0.3, -0.25) is 5.10 Å². The Bertz CT molecular complexity index is 950. The highest BCUT2D eigenvalue weighted by Crippen LogP contribution is 2.39. The van der Waals surface area contributed by atoms with Crippen molar-refractivity contribution in [3.05, 3.63) is 40.0 Å². The summed E-state index contributed by atoms with van der Waals surface area (Å²) >= 11 is 7.03. The summed E-state index contributed by atoms with van der Waals surface area (Å²) in [6.45, 7) is 1.37. The zero-order valence-corrected chi connectivity index (χ0v) is 17.4. The quantitative estimate of drug-likeness (QED) is 0.561. The highest BCUT2D eigenvalue weighted by molar-refractivity contribution is 7.71. The van der Waals surface area contributed by atoms with E-state index < -0.39 is 0 Å². The van der Waals surface area contributed by atoms with Gasteiger partial charge in [0.25, 0.3) is 0 Å². The van der Waals surface area contributed by atoms with E-state index in [1.165, 1.54) is 4.90 Å². The molecular formula is C18H23N4O3S2+. The molecule has 2 heterocycles. The number of H-pyrrole nitrogens is 1. The number of aromatic amines is 1. The van der Waals surface area contributed by atoms with Gasteiger partial charge in [0.05, 0.1) is 38.8 Å². The van der Waals surface area contributed by atoms with Gasteiger partial charge < -0.3 is 19.1 Å². The molecule has 2 aromatic heterocycles. The van der Waals surface area contributed by atoms with Crippen molar-refractivity contribution in [2.45, 2.75) is 13.2 Å². The van der Waals surface area contributed by atoms with E-state index in [2.05, 4.69) is 17.1 Å². The standard InChI is InChI=1S/C18H22N4O3S2/c1-21(10-12-7-8-13(23-2)16(25-4)15(12)24-3)11-22-18(26)19-17(20-22)14-6-5-9-27-14/h5-9H,10-11H2,1-4H3,(H,19,20,26)/p+1. The van der Waals surface area contributed by atoms with Crippen LogP contribution in [0.15, 0.2) is 29.6 Å². The van der Waals surface area contributed by atoms with Crippen molar-refractivity contribution >= 4 is 23.6 Å². The predicted molar refractivity (Wildman–Crippen MR) is 107 cm³/mol. The van der Waals surface area contributed by atoms with E-state index in [1.807, 2.05) is 34.3 Å². The fourth-order valence-electron chi connectivity index (χ4n) is 2.94. The van der Waals surface area contributed by atoms with E-state index in [-0.39, 0.29) is 0 Å². The number of nitrogens with zero attached hydrogens (tertiary/aromatic N) is 2. The second-order valence-electron chi connectivity index (χ2n) is 6.05. The SMILES string of the molecule is COc1ccc(C[NH+](C)Cn2[nH]c(-c3cccs3)nc2=S)c(OC)c1OC. The Morgan fingerprint density at radius 2 is 1.93 bits per heavy atom. The van der Waals surface area contributed by atoms with Gasteiger partial charge in [-0.15, -0.1) is 11.3 Å². The van der Waals surface area contributed by atoms with Crippen LogP contribution in [0.2, 0.25) is 0 Å². The molecule has 0 aliphatic heterocycles. The minimum atomic E-state index is 0.539. The summed E-state index contributed by atoms with van der Waals surface area (Å²) in [6.07, 6.45) is 0. The van der Waals surface area contributed by atoms with Gasteiger partial charge in [0, 0.05) is 0 Å². The van der Waals surface area contributed by atoms with E-state index in [0.29, 0.717) is 28.7 Å². The average molecular weight is 408 g/mol. The van der Waals surface area contributed by atoms with Gasteiger partial charge in [-0.05, 0) is 35.8 Å². The van der Waals surface area contributed by atoms with Crippen molar-refractivity contribution in [3.63, 3.8) is 0 Å². The largest absolute Gasteiger partial charge is 0.493 e. The van der Waals surface area contributed by atoms with Crippen LogP contribution in [0.25, 0.3) is 10.7 Å². The number of ether oxygens (including phenoxy) is 3. The molecule has 2 N–H and O–H groups in total. The molecule has 0 saturated heterocycles. The molecular weight excluding hydrogens is 384 g/mol. The molecule has 3 aromatic rings. The van der Waals surface area contributed by atoms with Gasteiger partial charge in [-0.25, -0.2) is 4.68 Å². The zero-order chi connectivity index (χ0) is 19.4. The second kappa shape index (κ2) is 8.55. The van der Waals surface area contributed by atoms with Gasteiger partial charge in [0.15, 0.2) is 24.0 Å². The maximum atomic E-state index is 5.57. The maximum absolute atomic E-state index is 5.57. The lowest BCUT2D eigenvalue weighted by molar-refractivity contribution is -0.917. The first-order valence-electron chi connectivity index (χ1n) is 8.37. The van der Waals surface area contributed by atoms with Crippen LogP contribution in [0.3, 0.4) is 0 Å². The predicted octanol–water partition coefficient (Wildman–Crippen LogP) is 2.37. The molecule has 9 heteroatoms. The molecule has 0 radical (unpaired) electrons. The number of nitrogens with one attached hydrogen (secondary N) is 2. The van der Waals surface area contributed by atoms with E-state index in [0.717, 1.165) is 22.8 Å². The van der Waals surface area contributed by atoms with Crippen molar-refractivity contribution in [1.29, 1.82) is 0 Å². The fraction of sp³-hybridized carbons (Fsp3) is 0.333. The topological polar surface area (TPSA) is 65.7 Å². The summed E-state index contributed by atoms with van der Waals surface area (Å²) in [4.78, 5) is 6.73. The molecule has 0 bridgehead atoms. The first kappa shape index (κ1) is 19.4. The Morgan fingerprint density at radius 3 is 2.56 bits per heavy atom. The van der Waals surface area contributed by atoms with E-state index in [9.17, 15) is 0 Å². The molecule has 1 aromatic carbocycles. The Kier molecular flexibility index (Phi) is 6.15. The number of thiophene rings is 1. The maximum Gasteiger partial charge on any atom is 0.221 e. The smallest absolute Gasteiger partial charge is 0.221 e. The number of aromatic nitrogens is 3. The summed E-state index contributed by atoms with van der Waals surface area (Å²) in [6, 6.07) is 7.90. The highest BCUT2D eigenvalue weighted by atomic mass is 32.1. The number of benzene rings is 1. The van der Waals surface area contributed by atoms with Crippen molar-refractivity contribution in [2.24, 2.45) is 0 Å². The van der Waals surface area contributed by atoms with E-state index in [1.54, 1.807) is 32.7 Å². The highest BCUT2D eigenvalue weighted by Gasteiger charge is 2.19. The molecule has 0 amide bonds. The summed E-state index contributed by atoms with van der Waals surface area (Å²) < 4.78 is 18.8. The summed E-state index contributed by atoms with van der Waals surface area (Å²) in [5, 5.41) is 5.30. The minimum Gasteiger partial charge on any atom is -0.493 e. The second-order valence-corrected chi connectivity index (χ2v) is 7.36. The number of hydrogen-bond donors (Lipinski definition) is 2. The van der Waals surface area contributed by atoms with Gasteiger partial charge >= 0.3 is 0 Å². The number of quaternary nitrogens is 1. The summed E-state index contributed by atoms with van der Waals surface area (Å²) in [7, 11) is 6.94. The monoisotopic (exact) mass is 407 g/mol. The lowest BCUT2D eigenvalue weighted by Crippen LogP contribution is -3.07. The van der Waals surface area contributed by atoms with Crippen LogP contribution in [-0.4, -0.2) is 43.1 Å². The molecule has 3 rings (SSSR count). The van der Waals surface area contributed by atoms with Crippen LogP contribution in [0, 0.1) is 4.77 Å². The molecule has 0 aliphatic rings. The molecule has 1 atom stereocenters. The van der Waals surface area contributed by atoms with Gasteiger partial charge in [0.1, 0.15) is 6.54 Å². The third-order valence-electron chi connectivity index (χ3n) is 4.14. The van der Waals surface area contributed by atoms with Gasteiger partial charge in [-0.1, -0.05) is 6.07 Å². The average Bonchev–Trinajstić information content (AvgIpc) is 3.31. The molecule has 0 spiro atoms. The van der Waals surface area contributed by atoms with E-state index >= 15 is 0 Å². The summed E-state index contributed by atoms with van der Waals surface area (Å²) in [5.74, 6) is 2.73.